The molecule has 1 aliphatic carbocycles. The second kappa shape index (κ2) is 6.26. The maximum absolute atomic E-state index is 11.9. The van der Waals surface area contributed by atoms with Crippen molar-refractivity contribution in [2.24, 2.45) is 0 Å². The molecule has 1 saturated heterocycles. The Hall–Kier alpha value is -1.88. The first kappa shape index (κ1) is 14.1. The summed E-state index contributed by atoms with van der Waals surface area (Å²) in [6, 6.07) is 7.79. The topological polar surface area (TPSA) is 67.4 Å². The number of carbonyl (C=O) groups is 2. The molecule has 0 radical (unpaired) electrons. The number of benzene rings is 1. The number of rotatable bonds is 5. The Morgan fingerprint density at radius 2 is 1.90 bits per heavy atom. The predicted octanol–water partition coefficient (Wildman–Crippen LogP) is 1.63. The zero-order valence-corrected chi connectivity index (χ0v) is 11.9. The Morgan fingerprint density at radius 3 is 2.52 bits per heavy atom. The number of hydrogen-bond acceptors (Lipinski definition) is 3. The summed E-state index contributed by atoms with van der Waals surface area (Å²) in [5, 5.41) is 5.80. The van der Waals surface area contributed by atoms with Gasteiger partial charge in [-0.3, -0.25) is 9.59 Å². The lowest BCUT2D eigenvalue weighted by Gasteiger charge is -2.11. The van der Waals surface area contributed by atoms with Crippen LogP contribution in [-0.2, 0) is 20.7 Å². The highest BCUT2D eigenvalue weighted by atomic mass is 16.5. The Bertz CT molecular complexity index is 517. The molecule has 2 N–H and O–H groups in total. The molecule has 1 saturated carbocycles. The lowest BCUT2D eigenvalue weighted by atomic mass is 10.1. The molecule has 0 bridgehead atoms. The van der Waals surface area contributed by atoms with Crippen LogP contribution in [0.25, 0.3) is 0 Å². The van der Waals surface area contributed by atoms with Crippen molar-refractivity contribution in [3.8, 4) is 0 Å². The normalized spacial score (nSPS) is 21.0. The average Bonchev–Trinajstić information content (AvgIpc) is 3.10. The van der Waals surface area contributed by atoms with Crippen LogP contribution in [0.5, 0.6) is 0 Å². The Labute approximate surface area is 124 Å². The summed E-state index contributed by atoms with van der Waals surface area (Å²) in [7, 11) is 0. The zero-order chi connectivity index (χ0) is 14.7. The van der Waals surface area contributed by atoms with Gasteiger partial charge in [-0.05, 0) is 43.4 Å². The molecular formula is C16H20N2O3. The fourth-order valence-electron chi connectivity index (χ4n) is 2.40. The van der Waals surface area contributed by atoms with Gasteiger partial charge in [-0.2, -0.15) is 0 Å². The predicted molar refractivity (Wildman–Crippen MR) is 78.9 cm³/mol. The number of anilines is 1. The second-order valence-electron chi connectivity index (χ2n) is 5.71. The third kappa shape index (κ3) is 4.04. The SMILES string of the molecule is O=C(Cc1ccc(NC(=O)C2CCCO2)cc1)NC1CC1. The Balaban J connectivity index is 1.50. The van der Waals surface area contributed by atoms with E-state index in [1.165, 1.54) is 0 Å². The first-order chi connectivity index (χ1) is 10.2. The van der Waals surface area contributed by atoms with Crippen LogP contribution in [0.1, 0.15) is 31.2 Å². The molecule has 1 aromatic carbocycles. The van der Waals surface area contributed by atoms with Gasteiger partial charge in [-0.25, -0.2) is 0 Å². The number of ether oxygens (including phenoxy) is 1. The molecule has 0 spiro atoms. The van der Waals surface area contributed by atoms with E-state index in [2.05, 4.69) is 10.6 Å². The van der Waals surface area contributed by atoms with Gasteiger partial charge in [0, 0.05) is 18.3 Å². The van der Waals surface area contributed by atoms with E-state index in [-0.39, 0.29) is 17.9 Å². The number of amides is 2. The highest BCUT2D eigenvalue weighted by molar-refractivity contribution is 5.94. The van der Waals surface area contributed by atoms with Gasteiger partial charge in [-0.15, -0.1) is 0 Å². The van der Waals surface area contributed by atoms with Gasteiger partial charge in [0.15, 0.2) is 0 Å². The summed E-state index contributed by atoms with van der Waals surface area (Å²) < 4.78 is 5.34. The molecule has 1 atom stereocenters. The van der Waals surface area contributed by atoms with Crippen molar-refractivity contribution < 1.29 is 14.3 Å². The van der Waals surface area contributed by atoms with Crippen LogP contribution in [0.15, 0.2) is 24.3 Å². The number of carbonyl (C=O) groups excluding carboxylic acids is 2. The maximum atomic E-state index is 11.9. The average molecular weight is 288 g/mol. The minimum Gasteiger partial charge on any atom is -0.368 e. The molecule has 5 heteroatoms. The van der Waals surface area contributed by atoms with Gasteiger partial charge >= 0.3 is 0 Å². The van der Waals surface area contributed by atoms with E-state index < -0.39 is 0 Å². The van der Waals surface area contributed by atoms with Crippen LogP contribution < -0.4 is 10.6 Å². The smallest absolute Gasteiger partial charge is 0.253 e. The Kier molecular flexibility index (Phi) is 4.20. The fraction of sp³-hybridized carbons (Fsp3) is 0.500. The largest absolute Gasteiger partial charge is 0.368 e. The summed E-state index contributed by atoms with van der Waals surface area (Å²) in [5.74, 6) is -0.0274. The fourth-order valence-corrected chi connectivity index (χ4v) is 2.40. The van der Waals surface area contributed by atoms with E-state index >= 15 is 0 Å². The third-order valence-electron chi connectivity index (χ3n) is 3.75. The summed E-state index contributed by atoms with van der Waals surface area (Å²) >= 11 is 0. The minimum atomic E-state index is -0.325. The van der Waals surface area contributed by atoms with E-state index in [0.717, 1.165) is 36.9 Å². The molecule has 2 aliphatic rings. The molecule has 21 heavy (non-hydrogen) atoms. The molecule has 2 amide bonds. The van der Waals surface area contributed by atoms with E-state index in [0.29, 0.717) is 19.1 Å². The van der Waals surface area contributed by atoms with E-state index in [9.17, 15) is 9.59 Å². The maximum Gasteiger partial charge on any atom is 0.253 e. The van der Waals surface area contributed by atoms with Crippen molar-refractivity contribution in [1.82, 2.24) is 5.32 Å². The van der Waals surface area contributed by atoms with Gasteiger partial charge in [0.2, 0.25) is 5.91 Å². The van der Waals surface area contributed by atoms with Crippen LogP contribution in [0.3, 0.4) is 0 Å². The quantitative estimate of drug-likeness (QED) is 0.865. The molecular weight excluding hydrogens is 268 g/mol. The molecule has 1 aromatic rings. The van der Waals surface area contributed by atoms with Gasteiger partial charge < -0.3 is 15.4 Å². The van der Waals surface area contributed by atoms with Crippen LogP contribution in [0.4, 0.5) is 5.69 Å². The summed E-state index contributed by atoms with van der Waals surface area (Å²) in [6.45, 7) is 0.660. The molecule has 1 aliphatic heterocycles. The minimum absolute atomic E-state index is 0.0636. The summed E-state index contributed by atoms with van der Waals surface area (Å²) in [4.78, 5) is 23.6. The first-order valence-corrected chi connectivity index (χ1v) is 7.51. The number of hydrogen-bond donors (Lipinski definition) is 2. The molecule has 0 aromatic heterocycles. The monoisotopic (exact) mass is 288 g/mol. The van der Waals surface area contributed by atoms with Gasteiger partial charge in [0.1, 0.15) is 6.10 Å². The first-order valence-electron chi connectivity index (χ1n) is 7.51. The molecule has 112 valence electrons. The standard InChI is InChI=1S/C16H20N2O3/c19-15(17-12-7-8-12)10-11-3-5-13(6-4-11)18-16(20)14-2-1-9-21-14/h3-6,12,14H,1-2,7-10H2,(H,17,19)(H,18,20). The molecule has 3 rings (SSSR count). The molecule has 5 nitrogen and oxygen atoms in total. The van der Waals surface area contributed by atoms with Gasteiger partial charge in [-0.1, -0.05) is 12.1 Å². The Morgan fingerprint density at radius 1 is 1.14 bits per heavy atom. The van der Waals surface area contributed by atoms with Crippen LogP contribution >= 0.6 is 0 Å². The van der Waals surface area contributed by atoms with Crippen LogP contribution in [-0.4, -0.2) is 30.6 Å². The van der Waals surface area contributed by atoms with Crippen molar-refractivity contribution in [3.63, 3.8) is 0 Å². The van der Waals surface area contributed by atoms with Gasteiger partial charge in [0.05, 0.1) is 6.42 Å². The highest BCUT2D eigenvalue weighted by Gasteiger charge is 2.24. The molecule has 2 fully saturated rings. The van der Waals surface area contributed by atoms with E-state index in [1.807, 2.05) is 24.3 Å². The van der Waals surface area contributed by atoms with E-state index in [1.54, 1.807) is 0 Å². The van der Waals surface area contributed by atoms with Crippen LogP contribution in [0, 0.1) is 0 Å². The van der Waals surface area contributed by atoms with Crippen molar-refractivity contribution in [1.29, 1.82) is 0 Å². The van der Waals surface area contributed by atoms with Crippen LogP contribution in [0.2, 0.25) is 0 Å². The van der Waals surface area contributed by atoms with Crippen molar-refractivity contribution in [3.05, 3.63) is 29.8 Å². The lowest BCUT2D eigenvalue weighted by molar-refractivity contribution is -0.124. The van der Waals surface area contributed by atoms with Gasteiger partial charge in [0.25, 0.3) is 5.91 Å². The molecule has 1 unspecified atom stereocenters. The van der Waals surface area contributed by atoms with Crippen molar-refractivity contribution in [2.45, 2.75) is 44.2 Å². The summed E-state index contributed by atoms with van der Waals surface area (Å²) in [6.07, 6.45) is 3.98. The van der Waals surface area contributed by atoms with Crippen molar-refractivity contribution >= 4 is 17.5 Å². The van der Waals surface area contributed by atoms with Crippen molar-refractivity contribution in [2.75, 3.05) is 11.9 Å². The molecule has 1 heterocycles. The third-order valence-corrected chi connectivity index (χ3v) is 3.75. The zero-order valence-electron chi connectivity index (χ0n) is 11.9. The highest BCUT2D eigenvalue weighted by Crippen LogP contribution is 2.19. The second-order valence-corrected chi connectivity index (χ2v) is 5.71. The lowest BCUT2D eigenvalue weighted by Crippen LogP contribution is -2.27. The summed E-state index contributed by atoms with van der Waals surface area (Å²) in [5.41, 5.74) is 1.69. The van der Waals surface area contributed by atoms with E-state index in [4.69, 9.17) is 4.74 Å². The number of nitrogens with one attached hydrogen (secondary N) is 2.